The lowest BCUT2D eigenvalue weighted by Crippen LogP contribution is -2.16. The zero-order valence-corrected chi connectivity index (χ0v) is 13.0. The number of carboxylic acid groups (broad SMARTS) is 1. The second-order valence-corrected chi connectivity index (χ2v) is 5.61. The van der Waals surface area contributed by atoms with Crippen molar-refractivity contribution in [1.29, 1.82) is 0 Å². The Morgan fingerprint density at radius 3 is 2.62 bits per heavy atom. The molecule has 8 heteroatoms. The number of rotatable bonds is 7. The third kappa shape index (κ3) is 5.50. The molecule has 1 heterocycles. The number of hydrogen-bond donors (Lipinski definition) is 2. The van der Waals surface area contributed by atoms with Crippen molar-refractivity contribution in [3.8, 4) is 0 Å². The minimum Gasteiger partial charge on any atom is -0.481 e. The smallest absolute Gasteiger partial charge is 0.350 e. The van der Waals surface area contributed by atoms with Gasteiger partial charge in [0.05, 0.1) is 12.3 Å². The predicted octanol–water partition coefficient (Wildman–Crippen LogP) is 2.07. The van der Waals surface area contributed by atoms with Gasteiger partial charge in [-0.05, 0) is 19.8 Å². The maximum absolute atomic E-state index is 11.8. The van der Waals surface area contributed by atoms with Crippen LogP contribution in [0.3, 0.4) is 0 Å². The van der Waals surface area contributed by atoms with E-state index < -0.39 is 11.9 Å². The zero-order chi connectivity index (χ0) is 16.0. The zero-order valence-electron chi connectivity index (χ0n) is 12.1. The van der Waals surface area contributed by atoms with Crippen LogP contribution < -0.4 is 5.32 Å². The molecule has 0 aliphatic heterocycles. The summed E-state index contributed by atoms with van der Waals surface area (Å²) in [5.41, 5.74) is 0.493. The molecule has 1 amide bonds. The Bertz CT molecular complexity index is 541. The summed E-state index contributed by atoms with van der Waals surface area (Å²) in [4.78, 5) is 38.4. The molecule has 0 fully saturated rings. The molecule has 2 N–H and O–H groups in total. The van der Waals surface area contributed by atoms with Gasteiger partial charge in [0.15, 0.2) is 5.13 Å². The summed E-state index contributed by atoms with van der Waals surface area (Å²) >= 11 is 1.04. The highest BCUT2D eigenvalue weighted by molar-refractivity contribution is 7.17. The molecule has 0 aliphatic carbocycles. The van der Waals surface area contributed by atoms with Crippen LogP contribution >= 0.6 is 11.3 Å². The average molecular weight is 314 g/mol. The molecule has 0 bridgehead atoms. The fourth-order valence-corrected chi connectivity index (χ4v) is 2.57. The highest BCUT2D eigenvalue weighted by Crippen LogP contribution is 2.24. The van der Waals surface area contributed by atoms with E-state index in [1.807, 2.05) is 0 Å². The number of aliphatic carboxylic acids is 1. The van der Waals surface area contributed by atoms with Gasteiger partial charge in [-0.1, -0.05) is 18.3 Å². The third-order valence-electron chi connectivity index (χ3n) is 2.56. The monoisotopic (exact) mass is 314 g/mol. The maximum Gasteiger partial charge on any atom is 0.350 e. The quantitative estimate of drug-likeness (QED) is 0.746. The first kappa shape index (κ1) is 17.1. The van der Waals surface area contributed by atoms with Crippen LogP contribution in [0.15, 0.2) is 0 Å². The van der Waals surface area contributed by atoms with Crippen molar-refractivity contribution >= 4 is 34.3 Å². The summed E-state index contributed by atoms with van der Waals surface area (Å²) in [6, 6.07) is 0. The van der Waals surface area contributed by atoms with Gasteiger partial charge in [0.1, 0.15) is 4.88 Å². The van der Waals surface area contributed by atoms with Crippen LogP contribution in [0.1, 0.15) is 42.1 Å². The molecule has 0 spiro atoms. The highest BCUT2D eigenvalue weighted by atomic mass is 32.1. The number of esters is 1. The molecule has 1 aromatic heterocycles. The molecule has 0 saturated heterocycles. The summed E-state index contributed by atoms with van der Waals surface area (Å²) in [5, 5.41) is 11.5. The molecule has 116 valence electrons. The summed E-state index contributed by atoms with van der Waals surface area (Å²) in [6.07, 6.45) is 0.0120. The second kappa shape index (κ2) is 7.72. The number of nitrogens with one attached hydrogen (secondary N) is 1. The Morgan fingerprint density at radius 2 is 2.05 bits per heavy atom. The lowest BCUT2D eigenvalue weighted by molar-refractivity contribution is -0.138. The number of amides is 1. The van der Waals surface area contributed by atoms with Gasteiger partial charge >= 0.3 is 11.9 Å². The molecule has 1 atom stereocenters. The van der Waals surface area contributed by atoms with Gasteiger partial charge in [0.2, 0.25) is 5.91 Å². The second-order valence-electron chi connectivity index (χ2n) is 4.61. The first-order valence-corrected chi connectivity index (χ1v) is 7.31. The van der Waals surface area contributed by atoms with E-state index in [1.165, 1.54) is 0 Å². The largest absolute Gasteiger partial charge is 0.481 e. The van der Waals surface area contributed by atoms with Crippen molar-refractivity contribution in [3.63, 3.8) is 0 Å². The Balaban J connectivity index is 2.63. The normalized spacial score (nSPS) is 11.8. The number of ether oxygens (including phenoxy) is 1. The number of carbonyl (C=O) groups excluding carboxylic acids is 2. The first-order valence-electron chi connectivity index (χ1n) is 6.49. The number of aryl methyl sites for hydroxylation is 1. The molecule has 0 aliphatic rings. The third-order valence-corrected chi connectivity index (χ3v) is 3.61. The van der Waals surface area contributed by atoms with Gasteiger partial charge in [0.25, 0.3) is 0 Å². The molecule has 1 rings (SSSR count). The van der Waals surface area contributed by atoms with Gasteiger partial charge in [-0.3, -0.25) is 9.59 Å². The minimum absolute atomic E-state index is 0.0710. The number of thiazole rings is 1. The van der Waals surface area contributed by atoms with Crippen LogP contribution in [0.2, 0.25) is 0 Å². The molecular formula is C13H18N2O5S. The van der Waals surface area contributed by atoms with Gasteiger partial charge in [-0.15, -0.1) is 0 Å². The Morgan fingerprint density at radius 1 is 1.38 bits per heavy atom. The number of hydrogen-bond acceptors (Lipinski definition) is 6. The number of carbonyl (C=O) groups is 3. The Hall–Kier alpha value is -1.96. The average Bonchev–Trinajstić information content (AvgIpc) is 2.68. The van der Waals surface area contributed by atoms with E-state index in [9.17, 15) is 14.4 Å². The molecule has 0 unspecified atom stereocenters. The molecule has 7 nitrogen and oxygen atoms in total. The molecule has 0 saturated carbocycles. The van der Waals surface area contributed by atoms with Gasteiger partial charge in [-0.2, -0.15) is 0 Å². The standard InChI is InChI=1S/C13H18N2O5S/c1-4-20-12(19)11-8(3)14-13(21-11)15-9(16)5-7(2)6-10(17)18/h7H,4-6H2,1-3H3,(H,17,18)(H,14,15,16)/t7-/m1/s1. The topological polar surface area (TPSA) is 106 Å². The van der Waals surface area contributed by atoms with Crippen LogP contribution in [-0.2, 0) is 14.3 Å². The summed E-state index contributed by atoms with van der Waals surface area (Å²) < 4.78 is 4.89. The van der Waals surface area contributed by atoms with Crippen molar-refractivity contribution in [2.24, 2.45) is 5.92 Å². The lowest BCUT2D eigenvalue weighted by atomic mass is 10.0. The van der Waals surface area contributed by atoms with Crippen molar-refractivity contribution in [1.82, 2.24) is 4.98 Å². The van der Waals surface area contributed by atoms with Crippen molar-refractivity contribution in [2.45, 2.75) is 33.6 Å². The predicted molar refractivity (Wildman–Crippen MR) is 77.5 cm³/mol. The van der Waals surface area contributed by atoms with E-state index in [-0.39, 0.29) is 31.3 Å². The van der Waals surface area contributed by atoms with E-state index in [1.54, 1.807) is 20.8 Å². The van der Waals surface area contributed by atoms with E-state index in [0.29, 0.717) is 15.7 Å². The first-order chi connectivity index (χ1) is 9.83. The Kier molecular flexibility index (Phi) is 6.29. The number of anilines is 1. The van der Waals surface area contributed by atoms with E-state index >= 15 is 0 Å². The van der Waals surface area contributed by atoms with E-state index in [4.69, 9.17) is 9.84 Å². The van der Waals surface area contributed by atoms with Crippen LogP contribution in [0, 0.1) is 12.8 Å². The fourth-order valence-electron chi connectivity index (χ4n) is 1.69. The van der Waals surface area contributed by atoms with Crippen molar-refractivity contribution < 1.29 is 24.2 Å². The van der Waals surface area contributed by atoms with Crippen LogP contribution in [-0.4, -0.2) is 34.5 Å². The highest BCUT2D eigenvalue weighted by Gasteiger charge is 2.18. The van der Waals surface area contributed by atoms with Crippen LogP contribution in [0.4, 0.5) is 5.13 Å². The van der Waals surface area contributed by atoms with Gasteiger partial charge in [0, 0.05) is 12.8 Å². The molecule has 0 aromatic carbocycles. The molecular weight excluding hydrogens is 296 g/mol. The Labute approximate surface area is 126 Å². The van der Waals surface area contributed by atoms with Gasteiger partial charge in [-0.25, -0.2) is 9.78 Å². The minimum atomic E-state index is -0.940. The molecule has 21 heavy (non-hydrogen) atoms. The lowest BCUT2D eigenvalue weighted by Gasteiger charge is -2.07. The van der Waals surface area contributed by atoms with Crippen LogP contribution in [0.5, 0.6) is 0 Å². The maximum atomic E-state index is 11.8. The van der Waals surface area contributed by atoms with Crippen LogP contribution in [0.25, 0.3) is 0 Å². The van der Waals surface area contributed by atoms with Crippen molar-refractivity contribution in [2.75, 3.05) is 11.9 Å². The summed E-state index contributed by atoms with van der Waals surface area (Å²) in [6.45, 7) is 5.32. The number of carboxylic acids is 1. The van der Waals surface area contributed by atoms with Crippen molar-refractivity contribution in [3.05, 3.63) is 10.6 Å². The van der Waals surface area contributed by atoms with E-state index in [2.05, 4.69) is 10.3 Å². The van der Waals surface area contributed by atoms with Gasteiger partial charge < -0.3 is 15.2 Å². The molecule has 1 aromatic rings. The SMILES string of the molecule is CCOC(=O)c1sc(NC(=O)C[C@@H](C)CC(=O)O)nc1C. The summed E-state index contributed by atoms with van der Waals surface area (Å²) in [5.74, 6) is -2.00. The summed E-state index contributed by atoms with van der Waals surface area (Å²) in [7, 11) is 0. The van der Waals surface area contributed by atoms with E-state index in [0.717, 1.165) is 11.3 Å². The molecule has 0 radical (unpaired) electrons. The number of aromatic nitrogens is 1. The number of nitrogens with zero attached hydrogens (tertiary/aromatic N) is 1. The fraction of sp³-hybridized carbons (Fsp3) is 0.538.